The standard InChI is InChI=1S/C27H32N4O6S/c1-19(2)16-25(31-26(33)20-12-14-28-15-13-20)27(34)29-17-21(32)18-30-38(35,36)24-10-8-23(9-11-24)37-22-6-4-3-5-7-22/h3-15,19,21,25,30,32H,16-18H2,1-2H3,(H,29,34)(H,31,33)/t21-,25+/m1/s1. The summed E-state index contributed by atoms with van der Waals surface area (Å²) in [5.74, 6) is 0.326. The first-order chi connectivity index (χ1) is 18.1. The lowest BCUT2D eigenvalue weighted by Crippen LogP contribution is -2.50. The number of amides is 2. The molecule has 0 fully saturated rings. The van der Waals surface area contributed by atoms with Gasteiger partial charge in [0, 0.05) is 31.0 Å². The van der Waals surface area contributed by atoms with E-state index in [9.17, 15) is 23.1 Å². The number of pyridine rings is 1. The van der Waals surface area contributed by atoms with Crippen LogP contribution in [0.25, 0.3) is 0 Å². The number of aromatic nitrogens is 1. The minimum atomic E-state index is -3.90. The zero-order valence-electron chi connectivity index (χ0n) is 21.2. The van der Waals surface area contributed by atoms with Crippen molar-refractivity contribution in [3.63, 3.8) is 0 Å². The highest BCUT2D eigenvalue weighted by Gasteiger charge is 2.23. The summed E-state index contributed by atoms with van der Waals surface area (Å²) in [6.07, 6.45) is 2.16. The van der Waals surface area contributed by atoms with Crippen LogP contribution in [0.1, 0.15) is 30.6 Å². The number of nitrogens with zero attached hydrogens (tertiary/aromatic N) is 1. The number of carbonyl (C=O) groups is 2. The lowest BCUT2D eigenvalue weighted by Gasteiger charge is -2.21. The Bertz CT molecular complexity index is 1290. The minimum Gasteiger partial charge on any atom is -0.457 e. The van der Waals surface area contributed by atoms with Crippen LogP contribution in [0.15, 0.2) is 84.0 Å². The Morgan fingerprint density at radius 1 is 0.921 bits per heavy atom. The van der Waals surface area contributed by atoms with E-state index in [4.69, 9.17) is 4.74 Å². The molecule has 0 bridgehead atoms. The Morgan fingerprint density at radius 3 is 2.18 bits per heavy atom. The summed E-state index contributed by atoms with van der Waals surface area (Å²) in [6, 6.07) is 17.2. The highest BCUT2D eigenvalue weighted by atomic mass is 32.2. The third kappa shape index (κ3) is 8.94. The average Bonchev–Trinajstić information content (AvgIpc) is 2.91. The lowest BCUT2D eigenvalue weighted by atomic mass is 10.0. The predicted octanol–water partition coefficient (Wildman–Crippen LogP) is 2.47. The number of nitrogens with one attached hydrogen (secondary N) is 3. The fourth-order valence-corrected chi connectivity index (χ4v) is 4.54. The zero-order chi connectivity index (χ0) is 27.5. The molecular weight excluding hydrogens is 508 g/mol. The van der Waals surface area contributed by atoms with Crippen molar-refractivity contribution < 1.29 is 27.9 Å². The van der Waals surface area contributed by atoms with Crippen molar-refractivity contribution in [1.29, 1.82) is 0 Å². The Labute approximate surface area is 222 Å². The highest BCUT2D eigenvalue weighted by Crippen LogP contribution is 2.22. The lowest BCUT2D eigenvalue weighted by molar-refractivity contribution is -0.123. The number of ether oxygens (including phenoxy) is 1. The van der Waals surface area contributed by atoms with Gasteiger partial charge in [-0.15, -0.1) is 0 Å². The summed E-state index contributed by atoms with van der Waals surface area (Å²) in [4.78, 5) is 29.1. The Kier molecular flexibility index (Phi) is 10.3. The molecule has 4 N–H and O–H groups in total. The van der Waals surface area contributed by atoms with Crippen LogP contribution in [0, 0.1) is 5.92 Å². The molecule has 0 aliphatic carbocycles. The van der Waals surface area contributed by atoms with Gasteiger partial charge in [-0.1, -0.05) is 32.0 Å². The van der Waals surface area contributed by atoms with Crippen LogP contribution in [0.5, 0.6) is 11.5 Å². The first-order valence-electron chi connectivity index (χ1n) is 12.1. The van der Waals surface area contributed by atoms with Crippen molar-refractivity contribution >= 4 is 21.8 Å². The molecule has 1 aromatic heterocycles. The third-order valence-corrected chi connectivity index (χ3v) is 6.84. The van der Waals surface area contributed by atoms with Crippen LogP contribution >= 0.6 is 0 Å². The maximum atomic E-state index is 12.7. The van der Waals surface area contributed by atoms with Gasteiger partial charge in [0.2, 0.25) is 15.9 Å². The third-order valence-electron chi connectivity index (χ3n) is 5.41. The average molecular weight is 541 g/mol. The quantitative estimate of drug-likeness (QED) is 0.260. The summed E-state index contributed by atoms with van der Waals surface area (Å²) < 4.78 is 33.3. The molecule has 38 heavy (non-hydrogen) atoms. The molecule has 0 radical (unpaired) electrons. The molecule has 0 aliphatic heterocycles. The Balaban J connectivity index is 1.50. The van der Waals surface area contributed by atoms with E-state index in [0.717, 1.165) is 0 Å². The summed E-state index contributed by atoms with van der Waals surface area (Å²) in [5.41, 5.74) is 0.371. The summed E-state index contributed by atoms with van der Waals surface area (Å²) in [6.45, 7) is 3.32. The monoisotopic (exact) mass is 540 g/mol. The van der Waals surface area contributed by atoms with Crippen LogP contribution in [0.2, 0.25) is 0 Å². The van der Waals surface area contributed by atoms with Crippen LogP contribution in [0.4, 0.5) is 0 Å². The zero-order valence-corrected chi connectivity index (χ0v) is 22.0. The van der Waals surface area contributed by atoms with E-state index in [2.05, 4.69) is 20.3 Å². The van der Waals surface area contributed by atoms with E-state index in [1.165, 1.54) is 36.7 Å². The maximum Gasteiger partial charge on any atom is 0.252 e. The van der Waals surface area contributed by atoms with E-state index in [-0.39, 0.29) is 23.9 Å². The largest absolute Gasteiger partial charge is 0.457 e. The normalized spacial score (nSPS) is 12.9. The number of para-hydroxylation sites is 1. The van der Waals surface area contributed by atoms with E-state index in [1.807, 2.05) is 32.0 Å². The van der Waals surface area contributed by atoms with Gasteiger partial charge in [0.15, 0.2) is 0 Å². The number of aliphatic hydroxyl groups is 1. The SMILES string of the molecule is CC(C)C[C@H](NC(=O)c1ccncc1)C(=O)NC[C@@H](O)CNS(=O)(=O)c1ccc(Oc2ccccc2)cc1. The van der Waals surface area contributed by atoms with Crippen LogP contribution in [-0.4, -0.2) is 55.6 Å². The molecule has 2 aromatic carbocycles. The van der Waals surface area contributed by atoms with Gasteiger partial charge in [0.05, 0.1) is 11.0 Å². The van der Waals surface area contributed by atoms with Gasteiger partial charge in [-0.3, -0.25) is 14.6 Å². The summed E-state index contributed by atoms with van der Waals surface area (Å²) in [5, 5.41) is 15.6. The van der Waals surface area contributed by atoms with Crippen molar-refractivity contribution in [2.75, 3.05) is 13.1 Å². The topological polar surface area (TPSA) is 147 Å². The molecule has 2 atom stereocenters. The van der Waals surface area contributed by atoms with Crippen LogP contribution < -0.4 is 20.1 Å². The van der Waals surface area contributed by atoms with Gasteiger partial charge in [0.25, 0.3) is 5.91 Å². The first-order valence-corrected chi connectivity index (χ1v) is 13.6. The molecule has 1 heterocycles. The number of hydrogen-bond acceptors (Lipinski definition) is 7. The van der Waals surface area contributed by atoms with Gasteiger partial charge < -0.3 is 20.5 Å². The van der Waals surface area contributed by atoms with Crippen molar-refractivity contribution in [1.82, 2.24) is 20.3 Å². The Morgan fingerprint density at radius 2 is 1.55 bits per heavy atom. The van der Waals surface area contributed by atoms with Crippen LogP contribution in [0.3, 0.4) is 0 Å². The second kappa shape index (κ2) is 13.7. The molecule has 10 nitrogen and oxygen atoms in total. The number of rotatable bonds is 13. The fourth-order valence-electron chi connectivity index (χ4n) is 3.46. The summed E-state index contributed by atoms with van der Waals surface area (Å²) >= 11 is 0. The van der Waals surface area contributed by atoms with Crippen LogP contribution in [-0.2, 0) is 14.8 Å². The molecule has 3 rings (SSSR count). The first kappa shape index (κ1) is 28.8. The molecule has 0 spiro atoms. The van der Waals surface area contributed by atoms with E-state index in [1.54, 1.807) is 24.3 Å². The fraction of sp³-hybridized carbons (Fsp3) is 0.296. The van der Waals surface area contributed by atoms with Crippen molar-refractivity contribution in [3.05, 3.63) is 84.7 Å². The molecular formula is C27H32N4O6S. The molecule has 11 heteroatoms. The van der Waals surface area contributed by atoms with Crippen molar-refractivity contribution in [2.24, 2.45) is 5.92 Å². The maximum absolute atomic E-state index is 12.7. The molecule has 0 aliphatic rings. The van der Waals surface area contributed by atoms with Gasteiger partial charge in [-0.2, -0.15) is 0 Å². The number of carbonyl (C=O) groups excluding carboxylic acids is 2. The van der Waals surface area contributed by atoms with Crippen molar-refractivity contribution in [3.8, 4) is 11.5 Å². The predicted molar refractivity (Wildman–Crippen MR) is 142 cm³/mol. The highest BCUT2D eigenvalue weighted by molar-refractivity contribution is 7.89. The number of sulfonamides is 1. The van der Waals surface area contributed by atoms with Gasteiger partial charge in [-0.25, -0.2) is 13.1 Å². The van der Waals surface area contributed by atoms with E-state index >= 15 is 0 Å². The summed E-state index contributed by atoms with van der Waals surface area (Å²) in [7, 11) is -3.90. The van der Waals surface area contributed by atoms with E-state index < -0.39 is 34.0 Å². The van der Waals surface area contributed by atoms with E-state index in [0.29, 0.717) is 23.5 Å². The van der Waals surface area contributed by atoms with Gasteiger partial charge >= 0.3 is 0 Å². The molecule has 0 unspecified atom stereocenters. The second-order valence-corrected chi connectivity index (χ2v) is 10.8. The Hall–Kier alpha value is -3.80. The molecule has 202 valence electrons. The van der Waals surface area contributed by atoms with Gasteiger partial charge in [-0.05, 0) is 60.9 Å². The smallest absolute Gasteiger partial charge is 0.252 e. The molecule has 0 saturated heterocycles. The molecule has 3 aromatic rings. The molecule has 2 amide bonds. The van der Waals surface area contributed by atoms with Crippen molar-refractivity contribution in [2.45, 2.75) is 37.3 Å². The number of aliphatic hydroxyl groups excluding tert-OH is 1. The number of hydrogen-bond donors (Lipinski definition) is 4. The second-order valence-electron chi connectivity index (χ2n) is 9.03. The minimum absolute atomic E-state index is 0.00460. The number of benzene rings is 2. The molecule has 0 saturated carbocycles. The van der Waals surface area contributed by atoms with Gasteiger partial charge in [0.1, 0.15) is 17.5 Å².